The fraction of sp³-hybridized carbons (Fsp3) is 0.545. The second kappa shape index (κ2) is 5.82. The number of allylic oxidation sites excluding steroid dienone is 2. The van der Waals surface area contributed by atoms with E-state index in [1.807, 2.05) is 0 Å². The molecule has 1 saturated carbocycles. The van der Waals surface area contributed by atoms with Crippen LogP contribution in [0.25, 0.3) is 0 Å². The number of fused-ring (bicyclic) bond motifs is 1. The summed E-state index contributed by atoms with van der Waals surface area (Å²) in [6.07, 6.45) is 6.44. The molecule has 0 spiro atoms. The molecule has 3 nitrogen and oxygen atoms in total. The zero-order valence-corrected chi connectivity index (χ0v) is 15.5. The summed E-state index contributed by atoms with van der Waals surface area (Å²) in [5.74, 6) is 0.801. The smallest absolute Gasteiger partial charge is 0.238 e. The van der Waals surface area contributed by atoms with Crippen molar-refractivity contribution in [3.8, 4) is 0 Å². The third kappa shape index (κ3) is 2.32. The van der Waals surface area contributed by atoms with E-state index in [1.165, 1.54) is 0 Å². The topological polar surface area (TPSA) is 37.4 Å². The van der Waals surface area contributed by atoms with Gasteiger partial charge in [0.25, 0.3) is 0 Å². The normalized spacial score (nSPS) is 30.7. The summed E-state index contributed by atoms with van der Waals surface area (Å²) in [6, 6.07) is 6.19. The predicted octanol–water partition coefficient (Wildman–Crippen LogP) is 4.64. The van der Waals surface area contributed by atoms with Crippen molar-refractivity contribution in [2.45, 2.75) is 52.4 Å². The Hall–Kier alpha value is -1.90. The molecule has 3 heteroatoms. The van der Waals surface area contributed by atoms with Gasteiger partial charge in [-0.1, -0.05) is 58.0 Å². The molecule has 25 heavy (non-hydrogen) atoms. The van der Waals surface area contributed by atoms with Gasteiger partial charge in [0.2, 0.25) is 11.8 Å². The molecule has 0 aromatic heterocycles. The molecule has 1 aromatic rings. The van der Waals surface area contributed by atoms with E-state index in [0.717, 1.165) is 29.7 Å². The standard InChI is InChI=1S/C22H27NO2/c1-12(2)16-6-5-7-17(13(3)4)20(16)23-21(24)18-14-8-9-15(11-10-14)19(18)22(23)25/h5-9,12-15,18-19H,10-11H2,1-4H3/t14-,15+,18-,19+. The molecule has 1 heterocycles. The van der Waals surface area contributed by atoms with Crippen LogP contribution in [0.2, 0.25) is 0 Å². The molecular formula is C22H27NO2. The van der Waals surface area contributed by atoms with Crippen LogP contribution in [0.5, 0.6) is 0 Å². The molecule has 1 aromatic carbocycles. The van der Waals surface area contributed by atoms with Crippen LogP contribution >= 0.6 is 0 Å². The monoisotopic (exact) mass is 337 g/mol. The lowest BCUT2D eigenvalue weighted by atomic mass is 9.63. The summed E-state index contributed by atoms with van der Waals surface area (Å²) >= 11 is 0. The van der Waals surface area contributed by atoms with Gasteiger partial charge < -0.3 is 0 Å². The minimum Gasteiger partial charge on any atom is -0.274 e. The maximum Gasteiger partial charge on any atom is 0.238 e. The lowest BCUT2D eigenvalue weighted by Gasteiger charge is -2.38. The van der Waals surface area contributed by atoms with Gasteiger partial charge in [0.1, 0.15) is 0 Å². The van der Waals surface area contributed by atoms with E-state index in [-0.39, 0.29) is 47.3 Å². The van der Waals surface area contributed by atoms with Gasteiger partial charge in [-0.15, -0.1) is 0 Å². The Balaban J connectivity index is 1.86. The number of amides is 2. The maximum atomic E-state index is 13.4. The van der Waals surface area contributed by atoms with Gasteiger partial charge in [-0.25, -0.2) is 4.90 Å². The van der Waals surface area contributed by atoms with Gasteiger partial charge in [-0.05, 0) is 47.6 Å². The molecule has 3 aliphatic carbocycles. The number of hydrogen-bond acceptors (Lipinski definition) is 2. The first-order chi connectivity index (χ1) is 11.9. The Morgan fingerprint density at radius 2 is 1.28 bits per heavy atom. The number of benzene rings is 1. The summed E-state index contributed by atoms with van der Waals surface area (Å²) in [5.41, 5.74) is 3.08. The summed E-state index contributed by atoms with van der Waals surface area (Å²) in [7, 11) is 0. The maximum absolute atomic E-state index is 13.4. The molecule has 2 fully saturated rings. The van der Waals surface area contributed by atoms with Crippen molar-refractivity contribution in [1.82, 2.24) is 0 Å². The summed E-state index contributed by atoms with van der Waals surface area (Å²) in [5, 5.41) is 0. The van der Waals surface area contributed by atoms with E-state index in [2.05, 4.69) is 58.0 Å². The average molecular weight is 337 g/mol. The third-order valence-corrected chi connectivity index (χ3v) is 6.33. The van der Waals surface area contributed by atoms with Crippen LogP contribution in [0.4, 0.5) is 5.69 Å². The van der Waals surface area contributed by atoms with Crippen LogP contribution in [0.15, 0.2) is 30.4 Å². The fourth-order valence-electron chi connectivity index (χ4n) is 5.06. The number of anilines is 1. The zero-order valence-electron chi connectivity index (χ0n) is 15.5. The van der Waals surface area contributed by atoms with Crippen LogP contribution < -0.4 is 4.90 Å². The highest BCUT2D eigenvalue weighted by molar-refractivity contribution is 6.23. The highest BCUT2D eigenvalue weighted by Crippen LogP contribution is 2.51. The van der Waals surface area contributed by atoms with Gasteiger partial charge in [0, 0.05) is 0 Å². The number of carbonyl (C=O) groups excluding carboxylic acids is 2. The first-order valence-corrected chi connectivity index (χ1v) is 9.60. The van der Waals surface area contributed by atoms with Gasteiger partial charge in [0.05, 0.1) is 17.5 Å². The van der Waals surface area contributed by atoms with E-state index in [4.69, 9.17) is 0 Å². The molecule has 132 valence electrons. The lowest BCUT2D eigenvalue weighted by molar-refractivity contribution is -0.124. The van der Waals surface area contributed by atoms with Crippen molar-refractivity contribution in [3.05, 3.63) is 41.5 Å². The van der Waals surface area contributed by atoms with Gasteiger partial charge in [0.15, 0.2) is 0 Å². The minimum absolute atomic E-state index is 0.0315. The molecule has 2 amide bonds. The number of rotatable bonds is 3. The number of imide groups is 1. The molecular weight excluding hydrogens is 310 g/mol. The third-order valence-electron chi connectivity index (χ3n) is 6.33. The molecule has 1 aliphatic heterocycles. The van der Waals surface area contributed by atoms with Crippen molar-refractivity contribution in [2.24, 2.45) is 23.7 Å². The molecule has 4 aliphatic rings. The molecule has 5 rings (SSSR count). The quantitative estimate of drug-likeness (QED) is 0.595. The van der Waals surface area contributed by atoms with Gasteiger partial charge in [-0.2, -0.15) is 0 Å². The summed E-state index contributed by atoms with van der Waals surface area (Å²) in [4.78, 5) is 28.3. The fourth-order valence-corrected chi connectivity index (χ4v) is 5.06. The Morgan fingerprint density at radius 3 is 1.64 bits per heavy atom. The average Bonchev–Trinajstić information content (AvgIpc) is 2.88. The zero-order chi connectivity index (χ0) is 17.9. The van der Waals surface area contributed by atoms with Crippen molar-refractivity contribution < 1.29 is 9.59 Å². The largest absolute Gasteiger partial charge is 0.274 e. The predicted molar refractivity (Wildman–Crippen MR) is 99.4 cm³/mol. The van der Waals surface area contributed by atoms with Crippen LogP contribution in [0.3, 0.4) is 0 Å². The van der Waals surface area contributed by atoms with Gasteiger partial charge in [-0.3, -0.25) is 9.59 Å². The Bertz CT molecular complexity index is 703. The highest BCUT2D eigenvalue weighted by Gasteiger charge is 2.57. The lowest BCUT2D eigenvalue weighted by Crippen LogP contribution is -2.38. The number of nitrogens with zero attached hydrogens (tertiary/aromatic N) is 1. The summed E-state index contributed by atoms with van der Waals surface area (Å²) in [6.45, 7) is 8.52. The number of para-hydroxylation sites is 1. The molecule has 0 radical (unpaired) electrons. The highest BCUT2D eigenvalue weighted by atomic mass is 16.2. The van der Waals surface area contributed by atoms with Crippen molar-refractivity contribution >= 4 is 17.5 Å². The second-order valence-electron chi connectivity index (χ2n) is 8.45. The summed E-state index contributed by atoms with van der Waals surface area (Å²) < 4.78 is 0. The van der Waals surface area contributed by atoms with E-state index >= 15 is 0 Å². The molecule has 1 saturated heterocycles. The first-order valence-electron chi connectivity index (χ1n) is 9.60. The van der Waals surface area contributed by atoms with Crippen molar-refractivity contribution in [2.75, 3.05) is 4.90 Å². The molecule has 0 N–H and O–H groups in total. The number of hydrogen-bond donors (Lipinski definition) is 0. The second-order valence-corrected chi connectivity index (χ2v) is 8.45. The Labute approximate surface area is 150 Å². The molecule has 0 unspecified atom stereocenters. The van der Waals surface area contributed by atoms with Crippen LogP contribution in [-0.2, 0) is 9.59 Å². The Kier molecular flexibility index (Phi) is 3.86. The Morgan fingerprint density at radius 1 is 0.840 bits per heavy atom. The van der Waals surface area contributed by atoms with Crippen LogP contribution in [0.1, 0.15) is 63.5 Å². The molecule has 2 bridgehead atoms. The number of carbonyl (C=O) groups is 2. The SMILES string of the molecule is CC(C)c1cccc(C(C)C)c1N1C(=O)[C@@H]2[C@H](C1=O)[C@@H]1C=C[C@H]2CC1. The van der Waals surface area contributed by atoms with Crippen molar-refractivity contribution in [3.63, 3.8) is 0 Å². The van der Waals surface area contributed by atoms with Crippen molar-refractivity contribution in [1.29, 1.82) is 0 Å². The minimum atomic E-state index is -0.142. The van der Waals surface area contributed by atoms with Gasteiger partial charge >= 0.3 is 0 Å². The van der Waals surface area contributed by atoms with E-state index < -0.39 is 0 Å². The molecule has 4 atom stereocenters. The van der Waals surface area contributed by atoms with E-state index in [0.29, 0.717) is 0 Å². The van der Waals surface area contributed by atoms with E-state index in [1.54, 1.807) is 4.90 Å². The first kappa shape index (κ1) is 16.6. The van der Waals surface area contributed by atoms with Crippen LogP contribution in [0, 0.1) is 23.7 Å². The van der Waals surface area contributed by atoms with E-state index in [9.17, 15) is 9.59 Å². The van der Waals surface area contributed by atoms with Crippen LogP contribution in [-0.4, -0.2) is 11.8 Å².